The summed E-state index contributed by atoms with van der Waals surface area (Å²) in [6.07, 6.45) is 1.82. The third-order valence-corrected chi connectivity index (χ3v) is 4.61. The number of urea groups is 1. The third-order valence-electron chi connectivity index (χ3n) is 4.61. The summed E-state index contributed by atoms with van der Waals surface area (Å²) in [5.41, 5.74) is 3.49. The summed E-state index contributed by atoms with van der Waals surface area (Å²) < 4.78 is 5.19. The van der Waals surface area contributed by atoms with Crippen molar-refractivity contribution in [2.24, 2.45) is 0 Å². The minimum absolute atomic E-state index is 0.325. The van der Waals surface area contributed by atoms with Crippen LogP contribution in [0.25, 0.3) is 5.57 Å². The lowest BCUT2D eigenvalue weighted by molar-refractivity contribution is 0.0500. The summed E-state index contributed by atoms with van der Waals surface area (Å²) in [6, 6.07) is 14.3. The molecular weight excluding hydrogens is 364 g/mol. The van der Waals surface area contributed by atoms with Crippen LogP contribution >= 0.6 is 0 Å². The Hall–Kier alpha value is -3.08. The van der Waals surface area contributed by atoms with Gasteiger partial charge in [-0.15, -0.1) is 0 Å². The van der Waals surface area contributed by atoms with Crippen LogP contribution in [0, 0.1) is 0 Å². The highest BCUT2D eigenvalue weighted by atomic mass is 16.5. The topological polar surface area (TPSA) is 67.4 Å². The Labute approximate surface area is 173 Å². The van der Waals surface area contributed by atoms with E-state index >= 15 is 0 Å². The summed E-state index contributed by atoms with van der Waals surface area (Å²) in [7, 11) is 0. The van der Waals surface area contributed by atoms with Crippen molar-refractivity contribution < 1.29 is 14.3 Å². The second-order valence-corrected chi connectivity index (χ2v) is 7.63. The third kappa shape index (κ3) is 6.49. The van der Waals surface area contributed by atoms with Crippen molar-refractivity contribution in [1.82, 2.24) is 5.32 Å². The highest BCUT2D eigenvalue weighted by Crippen LogP contribution is 2.23. The number of hydrogen-bond acceptors (Lipinski definition) is 3. The molecule has 154 valence electrons. The fourth-order valence-corrected chi connectivity index (χ4v) is 2.77. The van der Waals surface area contributed by atoms with E-state index in [1.165, 1.54) is 0 Å². The summed E-state index contributed by atoms with van der Waals surface area (Å²) in [4.78, 5) is 24.4. The molecule has 2 N–H and O–H groups in total. The molecule has 0 aliphatic carbocycles. The van der Waals surface area contributed by atoms with Crippen LogP contribution in [0.3, 0.4) is 0 Å². The normalized spacial score (nSPS) is 10.9. The average Bonchev–Trinajstić information content (AvgIpc) is 2.68. The van der Waals surface area contributed by atoms with E-state index in [4.69, 9.17) is 4.74 Å². The van der Waals surface area contributed by atoms with E-state index in [9.17, 15) is 9.59 Å². The minimum Gasteiger partial charge on any atom is -0.462 e. The first-order valence-corrected chi connectivity index (χ1v) is 9.85. The van der Waals surface area contributed by atoms with Crippen molar-refractivity contribution >= 4 is 23.3 Å². The van der Waals surface area contributed by atoms with Gasteiger partial charge in [0.05, 0.1) is 17.7 Å². The summed E-state index contributed by atoms with van der Waals surface area (Å²) in [5.74, 6) is -0.354. The Morgan fingerprint density at radius 1 is 1.07 bits per heavy atom. The van der Waals surface area contributed by atoms with Crippen molar-refractivity contribution in [1.29, 1.82) is 0 Å². The van der Waals surface area contributed by atoms with Crippen LogP contribution in [-0.4, -0.2) is 18.6 Å². The lowest BCUT2D eigenvalue weighted by Crippen LogP contribution is -2.43. The van der Waals surface area contributed by atoms with Gasteiger partial charge in [0.1, 0.15) is 0 Å². The van der Waals surface area contributed by atoms with Crippen LogP contribution < -0.4 is 10.6 Å². The Kier molecular flexibility index (Phi) is 7.59. The SMILES string of the molecule is C=C(C)c1cccc(C(C)(C)NC(=O)Nc2ccc(C(=O)OCCCC)cc2)c1. The molecule has 2 rings (SSSR count). The number of allylic oxidation sites excluding steroid dienone is 1. The van der Waals surface area contributed by atoms with Gasteiger partial charge in [0.2, 0.25) is 0 Å². The van der Waals surface area contributed by atoms with Gasteiger partial charge in [-0.25, -0.2) is 9.59 Å². The first-order chi connectivity index (χ1) is 13.7. The molecule has 0 atom stereocenters. The number of ether oxygens (including phenoxy) is 1. The standard InChI is InChI=1S/C24H30N2O3/c1-6-7-15-29-22(27)18-11-13-21(14-12-18)25-23(28)26-24(4,5)20-10-8-9-19(16-20)17(2)3/h8-14,16H,2,6-7,15H2,1,3-5H3,(H2,25,26,28). The largest absolute Gasteiger partial charge is 0.462 e. The molecule has 0 aromatic heterocycles. The van der Waals surface area contributed by atoms with E-state index in [0.717, 1.165) is 29.5 Å². The smallest absolute Gasteiger partial charge is 0.338 e. The Balaban J connectivity index is 1.98. The molecule has 5 heteroatoms. The molecule has 0 radical (unpaired) electrons. The first-order valence-electron chi connectivity index (χ1n) is 9.85. The Bertz CT molecular complexity index is 870. The van der Waals surface area contributed by atoms with Crippen molar-refractivity contribution in [3.05, 3.63) is 71.8 Å². The Morgan fingerprint density at radius 2 is 1.76 bits per heavy atom. The highest BCUT2D eigenvalue weighted by molar-refractivity contribution is 5.92. The maximum absolute atomic E-state index is 12.5. The lowest BCUT2D eigenvalue weighted by Gasteiger charge is -2.27. The molecule has 0 heterocycles. The van der Waals surface area contributed by atoms with Crippen LogP contribution in [0.1, 0.15) is 62.0 Å². The van der Waals surface area contributed by atoms with Crippen LogP contribution in [0.4, 0.5) is 10.5 Å². The second kappa shape index (κ2) is 9.92. The molecule has 0 aliphatic rings. The van der Waals surface area contributed by atoms with Crippen LogP contribution in [-0.2, 0) is 10.3 Å². The minimum atomic E-state index is -0.571. The van der Waals surface area contributed by atoms with Gasteiger partial charge in [-0.3, -0.25) is 0 Å². The average molecular weight is 395 g/mol. The van der Waals surface area contributed by atoms with E-state index < -0.39 is 5.54 Å². The van der Waals surface area contributed by atoms with Crippen molar-refractivity contribution in [2.75, 3.05) is 11.9 Å². The molecule has 0 unspecified atom stereocenters. The predicted molar refractivity (Wildman–Crippen MR) is 118 cm³/mol. The quantitative estimate of drug-likeness (QED) is 0.443. The highest BCUT2D eigenvalue weighted by Gasteiger charge is 2.23. The maximum Gasteiger partial charge on any atom is 0.338 e. The number of carbonyl (C=O) groups excluding carboxylic acids is 2. The van der Waals surface area contributed by atoms with Crippen molar-refractivity contribution in [2.45, 2.75) is 46.1 Å². The number of hydrogen-bond donors (Lipinski definition) is 2. The molecular formula is C24H30N2O3. The van der Waals surface area contributed by atoms with Crippen LogP contribution in [0.15, 0.2) is 55.1 Å². The molecule has 2 amide bonds. The summed E-state index contributed by atoms with van der Waals surface area (Å²) in [6.45, 7) is 12.3. The number of nitrogens with one attached hydrogen (secondary N) is 2. The van der Waals surface area contributed by atoms with Gasteiger partial charge in [0, 0.05) is 5.69 Å². The zero-order chi connectivity index (χ0) is 21.4. The van der Waals surface area contributed by atoms with E-state index in [2.05, 4.69) is 17.2 Å². The molecule has 0 saturated carbocycles. The Morgan fingerprint density at radius 3 is 2.38 bits per heavy atom. The van der Waals surface area contributed by atoms with Crippen molar-refractivity contribution in [3.63, 3.8) is 0 Å². The van der Waals surface area contributed by atoms with Crippen molar-refractivity contribution in [3.8, 4) is 0 Å². The summed E-state index contributed by atoms with van der Waals surface area (Å²) >= 11 is 0. The predicted octanol–water partition coefficient (Wildman–Crippen LogP) is 5.73. The maximum atomic E-state index is 12.5. The summed E-state index contributed by atoms with van der Waals surface area (Å²) in [5, 5.41) is 5.79. The van der Waals surface area contributed by atoms with Gasteiger partial charge in [-0.1, -0.05) is 43.7 Å². The number of anilines is 1. The molecule has 0 saturated heterocycles. The molecule has 5 nitrogen and oxygen atoms in total. The fourth-order valence-electron chi connectivity index (χ4n) is 2.77. The molecule has 2 aromatic carbocycles. The number of rotatable bonds is 8. The van der Waals surface area contributed by atoms with E-state index in [1.54, 1.807) is 24.3 Å². The lowest BCUT2D eigenvalue weighted by atomic mass is 9.92. The fraction of sp³-hybridized carbons (Fsp3) is 0.333. The van der Waals surface area contributed by atoms with E-state index in [-0.39, 0.29) is 12.0 Å². The first kappa shape index (κ1) is 22.2. The zero-order valence-corrected chi connectivity index (χ0v) is 17.7. The molecule has 29 heavy (non-hydrogen) atoms. The van der Waals surface area contributed by atoms with Gasteiger partial charge in [-0.05, 0) is 68.7 Å². The second-order valence-electron chi connectivity index (χ2n) is 7.63. The molecule has 0 bridgehead atoms. The zero-order valence-electron chi connectivity index (χ0n) is 17.7. The monoisotopic (exact) mass is 394 g/mol. The number of esters is 1. The van der Waals surface area contributed by atoms with Crippen LogP contribution in [0.5, 0.6) is 0 Å². The van der Waals surface area contributed by atoms with Crippen LogP contribution in [0.2, 0.25) is 0 Å². The molecule has 0 fully saturated rings. The van der Waals surface area contributed by atoms with E-state index in [1.807, 2.05) is 52.0 Å². The van der Waals surface area contributed by atoms with Gasteiger partial charge in [0.15, 0.2) is 0 Å². The van der Waals surface area contributed by atoms with E-state index in [0.29, 0.717) is 17.9 Å². The molecule has 2 aromatic rings. The number of carbonyl (C=O) groups is 2. The van der Waals surface area contributed by atoms with Gasteiger partial charge in [-0.2, -0.15) is 0 Å². The molecule has 0 aliphatic heterocycles. The van der Waals surface area contributed by atoms with Gasteiger partial charge >= 0.3 is 12.0 Å². The number of unbranched alkanes of at least 4 members (excludes halogenated alkanes) is 1. The van der Waals surface area contributed by atoms with Gasteiger partial charge < -0.3 is 15.4 Å². The van der Waals surface area contributed by atoms with Gasteiger partial charge in [0.25, 0.3) is 0 Å². The number of benzene rings is 2. The molecule has 0 spiro atoms. The number of amides is 2.